The number of hydrogen-bond donors (Lipinski definition) is 0. The summed E-state index contributed by atoms with van der Waals surface area (Å²) in [6.45, 7) is 0.400. The topological polar surface area (TPSA) is 55.8 Å². The third-order valence-corrected chi connectivity index (χ3v) is 6.22. The van der Waals surface area contributed by atoms with E-state index >= 15 is 0 Å². The summed E-state index contributed by atoms with van der Waals surface area (Å²) in [7, 11) is 1.43. The molecule has 3 aromatic rings. The standard InChI is InChI=1S/C25H18FNO4S2/c1-30-21-13-17(11-12-20(21)31-24(29)18-9-5-6-10-19(18)26)14-22-23(28)27(25(32)33-22)15-16-7-3-2-4-8-16/h2-14H,15H2,1H3/b22-14+. The molecule has 0 bridgehead atoms. The number of carbonyl (C=O) groups is 2. The fourth-order valence-electron chi connectivity index (χ4n) is 3.19. The van der Waals surface area contributed by atoms with Gasteiger partial charge in [0.2, 0.25) is 0 Å². The summed E-state index contributed by atoms with van der Waals surface area (Å²) in [4.78, 5) is 27.3. The Labute approximate surface area is 199 Å². The van der Waals surface area contributed by atoms with E-state index in [0.29, 0.717) is 21.3 Å². The number of halogens is 1. The predicted molar refractivity (Wildman–Crippen MR) is 130 cm³/mol. The van der Waals surface area contributed by atoms with Crippen LogP contribution in [0.1, 0.15) is 21.5 Å². The summed E-state index contributed by atoms with van der Waals surface area (Å²) in [6, 6.07) is 20.0. The van der Waals surface area contributed by atoms with E-state index in [0.717, 1.165) is 5.56 Å². The molecule has 0 atom stereocenters. The average molecular weight is 480 g/mol. The predicted octanol–water partition coefficient (Wildman–Crippen LogP) is 5.45. The zero-order valence-electron chi connectivity index (χ0n) is 17.5. The number of esters is 1. The van der Waals surface area contributed by atoms with Gasteiger partial charge >= 0.3 is 5.97 Å². The van der Waals surface area contributed by atoms with Crippen molar-refractivity contribution in [3.8, 4) is 11.5 Å². The first-order chi connectivity index (χ1) is 16.0. The molecule has 4 rings (SSSR count). The number of thiocarbonyl (C=S) groups is 1. The highest BCUT2D eigenvalue weighted by Gasteiger charge is 2.32. The molecular weight excluding hydrogens is 461 g/mol. The zero-order valence-corrected chi connectivity index (χ0v) is 19.1. The highest BCUT2D eigenvalue weighted by Crippen LogP contribution is 2.35. The van der Waals surface area contributed by atoms with Crippen LogP contribution in [-0.2, 0) is 11.3 Å². The average Bonchev–Trinajstić information content (AvgIpc) is 3.08. The molecule has 8 heteroatoms. The lowest BCUT2D eigenvalue weighted by molar-refractivity contribution is -0.122. The third-order valence-electron chi connectivity index (χ3n) is 4.84. The minimum absolute atomic E-state index is 0.138. The molecule has 33 heavy (non-hydrogen) atoms. The summed E-state index contributed by atoms with van der Waals surface area (Å²) >= 11 is 6.62. The van der Waals surface area contributed by atoms with Crippen LogP contribution in [0.5, 0.6) is 11.5 Å². The Hall–Kier alpha value is -3.49. The number of hydrogen-bond acceptors (Lipinski definition) is 6. The van der Waals surface area contributed by atoms with Crippen molar-refractivity contribution in [2.45, 2.75) is 6.54 Å². The molecule has 0 N–H and O–H groups in total. The van der Waals surface area contributed by atoms with Gasteiger partial charge in [0.25, 0.3) is 5.91 Å². The quantitative estimate of drug-likeness (QED) is 0.203. The second-order valence-electron chi connectivity index (χ2n) is 7.03. The van der Waals surface area contributed by atoms with Gasteiger partial charge in [-0.25, -0.2) is 9.18 Å². The highest BCUT2D eigenvalue weighted by molar-refractivity contribution is 8.26. The molecular formula is C25H18FNO4S2. The number of benzene rings is 3. The van der Waals surface area contributed by atoms with Crippen LogP contribution in [0.2, 0.25) is 0 Å². The Morgan fingerprint density at radius 3 is 2.52 bits per heavy atom. The van der Waals surface area contributed by atoms with Crippen molar-refractivity contribution in [2.24, 2.45) is 0 Å². The molecule has 0 saturated carbocycles. The van der Waals surface area contributed by atoms with Crippen molar-refractivity contribution in [2.75, 3.05) is 7.11 Å². The second kappa shape index (κ2) is 9.97. The van der Waals surface area contributed by atoms with Gasteiger partial charge in [0.15, 0.2) is 11.5 Å². The van der Waals surface area contributed by atoms with Crippen LogP contribution >= 0.6 is 24.0 Å². The molecule has 1 saturated heterocycles. The van der Waals surface area contributed by atoms with Gasteiger partial charge < -0.3 is 9.47 Å². The van der Waals surface area contributed by atoms with Crippen LogP contribution < -0.4 is 9.47 Å². The number of amides is 1. The lowest BCUT2D eigenvalue weighted by Crippen LogP contribution is -2.27. The number of nitrogens with zero attached hydrogens (tertiary/aromatic N) is 1. The lowest BCUT2D eigenvalue weighted by Gasteiger charge is -2.14. The molecule has 1 heterocycles. The Kier molecular flexibility index (Phi) is 6.86. The SMILES string of the molecule is COc1cc(/C=C2/SC(=S)N(Cc3ccccc3)C2=O)ccc1OC(=O)c1ccccc1F. The normalized spacial score (nSPS) is 14.6. The lowest BCUT2D eigenvalue weighted by atomic mass is 10.1. The minimum atomic E-state index is -0.832. The van der Waals surface area contributed by atoms with E-state index in [1.807, 2.05) is 30.3 Å². The molecule has 0 unspecified atom stereocenters. The van der Waals surface area contributed by atoms with Crippen molar-refractivity contribution in [3.05, 3.63) is 100 Å². The first-order valence-corrected chi connectivity index (χ1v) is 11.1. The largest absolute Gasteiger partial charge is 0.493 e. The first-order valence-electron chi connectivity index (χ1n) is 9.90. The van der Waals surface area contributed by atoms with Crippen molar-refractivity contribution in [1.82, 2.24) is 4.90 Å². The molecule has 1 fully saturated rings. The van der Waals surface area contributed by atoms with Crippen LogP contribution in [0.15, 0.2) is 77.7 Å². The van der Waals surface area contributed by atoms with Gasteiger partial charge in [-0.05, 0) is 41.5 Å². The maximum absolute atomic E-state index is 13.9. The molecule has 1 aliphatic rings. The number of carbonyl (C=O) groups excluding carboxylic acids is 2. The van der Waals surface area contributed by atoms with Crippen molar-refractivity contribution in [3.63, 3.8) is 0 Å². The van der Waals surface area contributed by atoms with Crippen molar-refractivity contribution >= 4 is 46.3 Å². The molecule has 5 nitrogen and oxygen atoms in total. The molecule has 0 radical (unpaired) electrons. The minimum Gasteiger partial charge on any atom is -0.493 e. The maximum Gasteiger partial charge on any atom is 0.346 e. The molecule has 166 valence electrons. The highest BCUT2D eigenvalue weighted by atomic mass is 32.2. The van der Waals surface area contributed by atoms with E-state index in [1.165, 1.54) is 43.1 Å². The molecule has 0 spiro atoms. The van der Waals surface area contributed by atoms with Gasteiger partial charge in [0, 0.05) is 0 Å². The summed E-state index contributed by atoms with van der Waals surface area (Å²) in [6.07, 6.45) is 1.70. The number of methoxy groups -OCH3 is 1. The fourth-order valence-corrected chi connectivity index (χ4v) is 4.45. The Morgan fingerprint density at radius 2 is 1.79 bits per heavy atom. The molecule has 1 aliphatic heterocycles. The van der Waals surface area contributed by atoms with Gasteiger partial charge in [-0.1, -0.05) is 72.5 Å². The van der Waals surface area contributed by atoms with Crippen molar-refractivity contribution in [1.29, 1.82) is 0 Å². The second-order valence-corrected chi connectivity index (χ2v) is 8.71. The Bertz CT molecular complexity index is 1260. The van der Waals surface area contributed by atoms with E-state index in [1.54, 1.807) is 29.2 Å². The fraction of sp³-hybridized carbons (Fsp3) is 0.0800. The van der Waals surface area contributed by atoms with E-state index in [2.05, 4.69) is 0 Å². The van der Waals surface area contributed by atoms with Gasteiger partial charge in [-0.15, -0.1) is 0 Å². The van der Waals surface area contributed by atoms with Gasteiger partial charge in [-0.2, -0.15) is 0 Å². The molecule has 3 aromatic carbocycles. The van der Waals surface area contributed by atoms with Gasteiger partial charge in [-0.3, -0.25) is 9.69 Å². The number of ether oxygens (including phenoxy) is 2. The van der Waals surface area contributed by atoms with E-state index in [9.17, 15) is 14.0 Å². The summed E-state index contributed by atoms with van der Waals surface area (Å²) in [5.41, 5.74) is 1.47. The third kappa shape index (κ3) is 5.13. The molecule has 0 aliphatic carbocycles. The number of thioether (sulfide) groups is 1. The van der Waals surface area contributed by atoms with Gasteiger partial charge in [0.1, 0.15) is 10.1 Å². The molecule has 1 amide bonds. The summed E-state index contributed by atoms with van der Waals surface area (Å²) < 4.78 is 25.0. The Balaban J connectivity index is 1.53. The van der Waals surface area contributed by atoms with E-state index < -0.39 is 11.8 Å². The van der Waals surface area contributed by atoms with Crippen LogP contribution in [0.3, 0.4) is 0 Å². The van der Waals surface area contributed by atoms with Crippen molar-refractivity contribution < 1.29 is 23.5 Å². The first kappa shape index (κ1) is 22.7. The maximum atomic E-state index is 13.9. The van der Waals surface area contributed by atoms with Crippen LogP contribution in [-0.4, -0.2) is 28.2 Å². The van der Waals surface area contributed by atoms with E-state index in [4.69, 9.17) is 21.7 Å². The van der Waals surface area contributed by atoms with Crippen LogP contribution in [0.25, 0.3) is 6.08 Å². The van der Waals surface area contributed by atoms with E-state index in [-0.39, 0.29) is 23.0 Å². The zero-order chi connectivity index (χ0) is 23.4. The van der Waals surface area contributed by atoms with Gasteiger partial charge in [0.05, 0.1) is 24.1 Å². The smallest absolute Gasteiger partial charge is 0.346 e. The summed E-state index contributed by atoms with van der Waals surface area (Å²) in [5.74, 6) is -1.27. The number of rotatable bonds is 6. The van der Waals surface area contributed by atoms with Crippen LogP contribution in [0, 0.1) is 5.82 Å². The Morgan fingerprint density at radius 1 is 1.06 bits per heavy atom. The van der Waals surface area contributed by atoms with Crippen LogP contribution in [0.4, 0.5) is 4.39 Å². The summed E-state index contributed by atoms with van der Waals surface area (Å²) in [5, 5.41) is 0. The monoisotopic (exact) mass is 479 g/mol. The molecule has 0 aromatic heterocycles.